The minimum absolute atomic E-state index is 0.0923. The van der Waals surface area contributed by atoms with Gasteiger partial charge in [-0.1, -0.05) is 35.9 Å². The van der Waals surface area contributed by atoms with Crippen molar-refractivity contribution in [2.75, 3.05) is 7.11 Å². The zero-order chi connectivity index (χ0) is 21.9. The number of amides is 1. The van der Waals surface area contributed by atoms with E-state index in [9.17, 15) is 18.0 Å². The second-order valence-electron chi connectivity index (χ2n) is 6.56. The molecule has 0 unspecified atom stereocenters. The highest BCUT2D eigenvalue weighted by Crippen LogP contribution is 2.28. The number of hydrogen-bond donors (Lipinski definition) is 2. The van der Waals surface area contributed by atoms with Crippen LogP contribution in [0.3, 0.4) is 0 Å². The van der Waals surface area contributed by atoms with Gasteiger partial charge in [-0.25, -0.2) is 13.2 Å². The molecule has 3 rings (SSSR count). The smallest absolute Gasteiger partial charge is 0.337 e. The molecule has 30 heavy (non-hydrogen) atoms. The summed E-state index contributed by atoms with van der Waals surface area (Å²) in [5.74, 6) is -1.23. The number of rotatable bonds is 6. The molecule has 0 spiro atoms. The number of sulfonamides is 1. The van der Waals surface area contributed by atoms with Crippen LogP contribution in [-0.4, -0.2) is 27.4 Å². The fourth-order valence-corrected chi connectivity index (χ4v) is 4.73. The Labute approximate surface area is 178 Å². The Morgan fingerprint density at radius 1 is 1.00 bits per heavy atom. The quantitative estimate of drug-likeness (QED) is 0.448. The van der Waals surface area contributed by atoms with Crippen LogP contribution >= 0.6 is 11.3 Å². The fraction of sp³-hybridized carbons (Fsp3) is 0.143. The van der Waals surface area contributed by atoms with E-state index in [1.54, 1.807) is 12.3 Å². The van der Waals surface area contributed by atoms with Crippen molar-refractivity contribution in [1.82, 2.24) is 10.3 Å². The lowest BCUT2D eigenvalue weighted by atomic mass is 10.1. The predicted octanol–water partition coefficient (Wildman–Crippen LogP) is 3.44. The summed E-state index contributed by atoms with van der Waals surface area (Å²) < 4.78 is 30.0. The molecule has 0 aliphatic carbocycles. The monoisotopic (exact) mass is 444 g/mol. The number of aryl methyl sites for hydroxylation is 2. The van der Waals surface area contributed by atoms with Gasteiger partial charge in [0.1, 0.15) is 4.88 Å². The molecule has 3 aromatic rings. The molecule has 0 bridgehead atoms. The molecule has 1 amide bonds. The third-order valence-electron chi connectivity index (χ3n) is 4.43. The molecule has 1 aromatic heterocycles. The number of esters is 1. The fourth-order valence-electron chi connectivity index (χ4n) is 2.81. The highest BCUT2D eigenvalue weighted by molar-refractivity contribution is 7.89. The first-order valence-corrected chi connectivity index (χ1v) is 11.2. The largest absolute Gasteiger partial charge is 0.465 e. The Balaban J connectivity index is 1.81. The van der Waals surface area contributed by atoms with Crippen LogP contribution in [0, 0.1) is 13.8 Å². The summed E-state index contributed by atoms with van der Waals surface area (Å²) >= 11 is 1.21. The maximum atomic E-state index is 12.7. The normalized spacial score (nSPS) is 11.2. The van der Waals surface area contributed by atoms with E-state index in [-0.39, 0.29) is 10.5 Å². The first-order valence-electron chi connectivity index (χ1n) is 8.88. The number of methoxy groups -OCH3 is 1. The summed E-state index contributed by atoms with van der Waals surface area (Å²) in [6.45, 7) is 3.56. The van der Waals surface area contributed by atoms with Gasteiger partial charge >= 0.3 is 5.97 Å². The summed E-state index contributed by atoms with van der Waals surface area (Å²) in [6, 6.07) is 13.7. The van der Waals surface area contributed by atoms with Crippen molar-refractivity contribution in [3.8, 4) is 11.1 Å². The van der Waals surface area contributed by atoms with Crippen molar-refractivity contribution >= 4 is 33.2 Å². The molecule has 0 aliphatic rings. The van der Waals surface area contributed by atoms with Crippen molar-refractivity contribution in [2.45, 2.75) is 18.7 Å². The van der Waals surface area contributed by atoms with Gasteiger partial charge in [-0.3, -0.25) is 10.2 Å². The second kappa shape index (κ2) is 8.78. The van der Waals surface area contributed by atoms with E-state index in [2.05, 4.69) is 15.0 Å². The first kappa shape index (κ1) is 21.7. The standard InChI is InChI=1S/C21H20N2O5S2/c1-13-4-7-15(8-5-13)17-10-11-29-19(17)20(24)22-23-30(26,27)18-12-16(21(25)28-3)9-6-14(18)2/h4-12,23H,1-3H3,(H,22,24). The van der Waals surface area contributed by atoms with Gasteiger partial charge in [-0.2, -0.15) is 0 Å². The lowest BCUT2D eigenvalue weighted by molar-refractivity contribution is 0.0600. The van der Waals surface area contributed by atoms with Crippen LogP contribution in [0.5, 0.6) is 0 Å². The Kier molecular flexibility index (Phi) is 6.35. The van der Waals surface area contributed by atoms with E-state index < -0.39 is 21.9 Å². The number of nitrogens with one attached hydrogen (secondary N) is 2. The predicted molar refractivity (Wildman–Crippen MR) is 115 cm³/mol. The molecule has 156 valence electrons. The minimum atomic E-state index is -4.11. The van der Waals surface area contributed by atoms with Crippen LogP contribution in [0.2, 0.25) is 0 Å². The molecule has 1 heterocycles. The first-order chi connectivity index (χ1) is 14.2. The van der Waals surface area contributed by atoms with Gasteiger partial charge < -0.3 is 4.74 Å². The van der Waals surface area contributed by atoms with E-state index in [0.717, 1.165) is 11.1 Å². The summed E-state index contributed by atoms with van der Waals surface area (Å²) in [5, 5.41) is 1.77. The molecule has 2 N–H and O–H groups in total. The average molecular weight is 445 g/mol. The number of thiophene rings is 1. The number of carbonyl (C=O) groups is 2. The molecule has 0 atom stereocenters. The molecule has 0 aliphatic heterocycles. The molecule has 2 aromatic carbocycles. The van der Waals surface area contributed by atoms with Crippen molar-refractivity contribution in [1.29, 1.82) is 0 Å². The van der Waals surface area contributed by atoms with Crippen LogP contribution in [0.4, 0.5) is 0 Å². The van der Waals surface area contributed by atoms with Crippen LogP contribution in [0.15, 0.2) is 58.8 Å². The zero-order valence-electron chi connectivity index (χ0n) is 16.6. The van der Waals surface area contributed by atoms with E-state index in [1.807, 2.05) is 37.3 Å². The van der Waals surface area contributed by atoms with Gasteiger partial charge in [0.05, 0.1) is 17.6 Å². The number of hydrazine groups is 1. The molecule has 0 radical (unpaired) electrons. The van der Waals surface area contributed by atoms with Crippen LogP contribution in [0.25, 0.3) is 11.1 Å². The SMILES string of the molecule is COC(=O)c1ccc(C)c(S(=O)(=O)NNC(=O)c2sccc2-c2ccc(C)cc2)c1. The van der Waals surface area contributed by atoms with Crippen molar-refractivity contribution in [2.24, 2.45) is 0 Å². The Morgan fingerprint density at radius 2 is 1.70 bits per heavy atom. The van der Waals surface area contributed by atoms with E-state index >= 15 is 0 Å². The Hall–Kier alpha value is -3.01. The summed E-state index contributed by atoms with van der Waals surface area (Å²) in [6.07, 6.45) is 0. The third kappa shape index (κ3) is 4.59. The van der Waals surface area contributed by atoms with Crippen molar-refractivity contribution in [3.63, 3.8) is 0 Å². The van der Waals surface area contributed by atoms with E-state index in [0.29, 0.717) is 16.0 Å². The molecular formula is C21H20N2O5S2. The lowest BCUT2D eigenvalue weighted by Crippen LogP contribution is -2.41. The topological polar surface area (TPSA) is 102 Å². The van der Waals surface area contributed by atoms with Gasteiger partial charge in [-0.05, 0) is 48.6 Å². The third-order valence-corrected chi connectivity index (χ3v) is 6.73. The van der Waals surface area contributed by atoms with Crippen LogP contribution in [0.1, 0.15) is 31.2 Å². The van der Waals surface area contributed by atoms with Gasteiger partial charge in [-0.15, -0.1) is 16.2 Å². The number of benzene rings is 2. The molecule has 0 saturated heterocycles. The summed E-state index contributed by atoms with van der Waals surface area (Å²) in [4.78, 5) is 26.7. The molecular weight excluding hydrogens is 424 g/mol. The van der Waals surface area contributed by atoms with Crippen molar-refractivity contribution in [3.05, 3.63) is 75.5 Å². The molecule has 0 fully saturated rings. The van der Waals surface area contributed by atoms with Crippen molar-refractivity contribution < 1.29 is 22.7 Å². The zero-order valence-corrected chi connectivity index (χ0v) is 18.2. The summed E-state index contributed by atoms with van der Waals surface area (Å²) in [7, 11) is -2.90. The van der Waals surface area contributed by atoms with Crippen LogP contribution < -0.4 is 10.3 Å². The minimum Gasteiger partial charge on any atom is -0.465 e. The number of ether oxygens (including phenoxy) is 1. The maximum Gasteiger partial charge on any atom is 0.337 e. The van der Waals surface area contributed by atoms with Crippen LogP contribution in [-0.2, 0) is 14.8 Å². The summed E-state index contributed by atoms with van der Waals surface area (Å²) in [5.41, 5.74) is 5.42. The van der Waals surface area contributed by atoms with Gasteiger partial charge in [0.2, 0.25) is 0 Å². The Morgan fingerprint density at radius 3 is 2.37 bits per heavy atom. The number of carbonyl (C=O) groups excluding carboxylic acids is 2. The average Bonchev–Trinajstić information content (AvgIpc) is 3.22. The highest BCUT2D eigenvalue weighted by atomic mass is 32.2. The van der Waals surface area contributed by atoms with Gasteiger partial charge in [0, 0.05) is 5.56 Å². The second-order valence-corrected chi connectivity index (χ2v) is 9.13. The van der Waals surface area contributed by atoms with Gasteiger partial charge in [0.15, 0.2) is 0 Å². The Bertz CT molecular complexity index is 1200. The molecule has 9 heteroatoms. The highest BCUT2D eigenvalue weighted by Gasteiger charge is 2.22. The molecule has 0 saturated carbocycles. The number of hydrogen-bond acceptors (Lipinski definition) is 6. The lowest BCUT2D eigenvalue weighted by Gasteiger charge is -2.12. The van der Waals surface area contributed by atoms with E-state index in [1.165, 1.54) is 36.6 Å². The van der Waals surface area contributed by atoms with E-state index in [4.69, 9.17) is 0 Å². The van der Waals surface area contributed by atoms with Gasteiger partial charge in [0.25, 0.3) is 15.9 Å². The molecule has 7 nitrogen and oxygen atoms in total. The maximum absolute atomic E-state index is 12.7.